The molecule has 0 aliphatic rings. The van der Waals surface area contributed by atoms with Crippen LogP contribution in [0.5, 0.6) is 5.75 Å². The number of nitrogens with zero attached hydrogens (tertiary/aromatic N) is 4. The molecule has 0 bridgehead atoms. The Balaban J connectivity index is 1.43. The average Bonchev–Trinajstić information content (AvgIpc) is 3.28. The first-order valence-corrected chi connectivity index (χ1v) is 10.5. The third-order valence-corrected chi connectivity index (χ3v) is 5.29. The highest BCUT2D eigenvalue weighted by molar-refractivity contribution is 7.13. The maximum Gasteiger partial charge on any atom is 0.358 e. The molecule has 0 unspecified atom stereocenters. The molecule has 0 saturated carbocycles. The van der Waals surface area contributed by atoms with Gasteiger partial charge in [0.2, 0.25) is 11.9 Å². The van der Waals surface area contributed by atoms with E-state index in [1.807, 2.05) is 49.4 Å². The van der Waals surface area contributed by atoms with Crippen molar-refractivity contribution in [3.8, 4) is 16.3 Å². The number of hydrogen-bond donors (Lipinski definition) is 2. The van der Waals surface area contributed by atoms with Gasteiger partial charge in [0, 0.05) is 10.9 Å². The third-order valence-electron chi connectivity index (χ3n) is 4.40. The fourth-order valence-corrected chi connectivity index (χ4v) is 3.62. The number of benzene rings is 2. The van der Waals surface area contributed by atoms with Crippen molar-refractivity contribution in [3.63, 3.8) is 0 Å². The summed E-state index contributed by atoms with van der Waals surface area (Å²) in [5, 5.41) is 5.43. The number of carbonyl (C=O) groups excluding carboxylic acids is 1. The van der Waals surface area contributed by atoms with Crippen molar-refractivity contribution in [2.45, 2.75) is 13.5 Å². The minimum Gasteiger partial charge on any atom is -0.495 e. The first kappa shape index (κ1) is 21.2. The number of esters is 1. The second kappa shape index (κ2) is 9.40. The summed E-state index contributed by atoms with van der Waals surface area (Å²) in [4.78, 5) is 29.2. The highest BCUT2D eigenvalue weighted by atomic mass is 32.1. The molecule has 0 atom stereocenters. The zero-order valence-corrected chi connectivity index (χ0v) is 18.2. The van der Waals surface area contributed by atoms with E-state index in [0.717, 1.165) is 16.1 Å². The minimum atomic E-state index is -0.571. The van der Waals surface area contributed by atoms with E-state index in [-0.39, 0.29) is 30.0 Å². The summed E-state index contributed by atoms with van der Waals surface area (Å²) >= 11 is 1.37. The summed E-state index contributed by atoms with van der Waals surface area (Å²) in [5.74, 6) is 0.463. The van der Waals surface area contributed by atoms with Crippen molar-refractivity contribution in [3.05, 3.63) is 71.0 Å². The SMILES string of the molecule is COc1ccccc1Nc1nc(N)nc(COC(=O)c2csc(-c3ccc(C)cc3)n2)n1. The fourth-order valence-electron chi connectivity index (χ4n) is 2.83. The molecule has 0 saturated heterocycles. The zero-order chi connectivity index (χ0) is 22.5. The lowest BCUT2D eigenvalue weighted by Crippen LogP contribution is -2.11. The molecule has 3 N–H and O–H groups in total. The number of thiazole rings is 1. The summed E-state index contributed by atoms with van der Waals surface area (Å²) in [6.45, 7) is 1.84. The molecule has 162 valence electrons. The molecule has 0 amide bonds. The number of nitrogen functional groups attached to an aromatic ring is 1. The molecular formula is C22H20N6O3S. The number of para-hydroxylation sites is 2. The number of aromatic nitrogens is 4. The van der Waals surface area contributed by atoms with Crippen LogP contribution in [0, 0.1) is 6.92 Å². The van der Waals surface area contributed by atoms with Gasteiger partial charge in [-0.15, -0.1) is 11.3 Å². The second-order valence-electron chi connectivity index (χ2n) is 6.74. The van der Waals surface area contributed by atoms with Crippen LogP contribution in [0.2, 0.25) is 0 Å². The molecule has 32 heavy (non-hydrogen) atoms. The van der Waals surface area contributed by atoms with Gasteiger partial charge in [0.25, 0.3) is 0 Å². The predicted octanol–water partition coefficient (Wildman–Crippen LogP) is 3.99. The lowest BCUT2D eigenvalue weighted by atomic mass is 10.2. The summed E-state index contributed by atoms with van der Waals surface area (Å²) in [7, 11) is 1.57. The maximum atomic E-state index is 12.4. The summed E-state index contributed by atoms with van der Waals surface area (Å²) in [6.07, 6.45) is 0. The summed E-state index contributed by atoms with van der Waals surface area (Å²) in [6, 6.07) is 15.2. The van der Waals surface area contributed by atoms with Gasteiger partial charge in [0.05, 0.1) is 12.8 Å². The van der Waals surface area contributed by atoms with E-state index in [0.29, 0.717) is 11.4 Å². The lowest BCUT2D eigenvalue weighted by molar-refractivity contribution is 0.0456. The highest BCUT2D eigenvalue weighted by Gasteiger charge is 2.15. The van der Waals surface area contributed by atoms with E-state index in [1.54, 1.807) is 18.6 Å². The smallest absolute Gasteiger partial charge is 0.358 e. The van der Waals surface area contributed by atoms with Gasteiger partial charge >= 0.3 is 5.97 Å². The van der Waals surface area contributed by atoms with Gasteiger partial charge < -0.3 is 20.5 Å². The van der Waals surface area contributed by atoms with E-state index in [2.05, 4.69) is 25.3 Å². The Kier molecular flexibility index (Phi) is 6.22. The first-order valence-electron chi connectivity index (χ1n) is 9.62. The lowest BCUT2D eigenvalue weighted by Gasteiger charge is -2.10. The van der Waals surface area contributed by atoms with Crippen molar-refractivity contribution >= 4 is 34.9 Å². The molecule has 2 heterocycles. The topological polar surface area (TPSA) is 125 Å². The number of methoxy groups -OCH3 is 1. The molecular weight excluding hydrogens is 428 g/mol. The Morgan fingerprint density at radius 3 is 2.62 bits per heavy atom. The number of nitrogens with one attached hydrogen (secondary N) is 1. The van der Waals surface area contributed by atoms with Crippen LogP contribution in [0.15, 0.2) is 53.9 Å². The number of hydrogen-bond acceptors (Lipinski definition) is 10. The van der Waals surface area contributed by atoms with Crippen LogP contribution in [0.3, 0.4) is 0 Å². The zero-order valence-electron chi connectivity index (χ0n) is 17.4. The Morgan fingerprint density at radius 2 is 1.84 bits per heavy atom. The normalized spacial score (nSPS) is 10.6. The van der Waals surface area contributed by atoms with E-state index in [1.165, 1.54) is 11.3 Å². The standard InChI is InChI=1S/C22H20N6O3S/c1-13-7-9-14(10-8-13)19-24-16(12-32-19)20(29)31-11-18-26-21(23)28-22(27-18)25-15-5-3-4-6-17(15)30-2/h3-10,12H,11H2,1-2H3,(H3,23,25,26,27,28). The van der Waals surface area contributed by atoms with Gasteiger partial charge in [-0.1, -0.05) is 42.0 Å². The summed E-state index contributed by atoms with van der Waals surface area (Å²) < 4.78 is 10.6. The van der Waals surface area contributed by atoms with Gasteiger partial charge in [0.1, 0.15) is 10.8 Å². The van der Waals surface area contributed by atoms with Gasteiger partial charge in [-0.3, -0.25) is 0 Å². The van der Waals surface area contributed by atoms with E-state index >= 15 is 0 Å². The molecule has 2 aromatic carbocycles. The molecule has 10 heteroatoms. The Bertz CT molecular complexity index is 1240. The van der Waals surface area contributed by atoms with Gasteiger partial charge in [-0.2, -0.15) is 15.0 Å². The van der Waals surface area contributed by atoms with Crippen molar-refractivity contribution in [2.75, 3.05) is 18.2 Å². The van der Waals surface area contributed by atoms with Crippen molar-refractivity contribution in [2.24, 2.45) is 0 Å². The molecule has 0 radical (unpaired) electrons. The Labute approximate surface area is 188 Å². The van der Waals surface area contributed by atoms with Crippen LogP contribution in [-0.4, -0.2) is 33.0 Å². The highest BCUT2D eigenvalue weighted by Crippen LogP contribution is 2.26. The monoisotopic (exact) mass is 448 g/mol. The molecule has 0 fully saturated rings. The predicted molar refractivity (Wildman–Crippen MR) is 122 cm³/mol. The Morgan fingerprint density at radius 1 is 1.06 bits per heavy atom. The summed E-state index contributed by atoms with van der Waals surface area (Å²) in [5.41, 5.74) is 8.77. The van der Waals surface area contributed by atoms with E-state index < -0.39 is 5.97 Å². The molecule has 9 nitrogen and oxygen atoms in total. The number of anilines is 3. The van der Waals surface area contributed by atoms with Crippen LogP contribution in [-0.2, 0) is 11.3 Å². The molecule has 4 aromatic rings. The largest absolute Gasteiger partial charge is 0.495 e. The first-order chi connectivity index (χ1) is 15.5. The van der Waals surface area contributed by atoms with Crippen LogP contribution in [0.4, 0.5) is 17.6 Å². The fraction of sp³-hybridized carbons (Fsp3) is 0.136. The van der Waals surface area contributed by atoms with Crippen molar-refractivity contribution < 1.29 is 14.3 Å². The number of aryl methyl sites for hydroxylation is 1. The van der Waals surface area contributed by atoms with Crippen molar-refractivity contribution in [1.29, 1.82) is 0 Å². The Hall–Kier alpha value is -4.05. The van der Waals surface area contributed by atoms with E-state index in [4.69, 9.17) is 15.2 Å². The number of nitrogens with two attached hydrogens (primary N) is 1. The van der Waals surface area contributed by atoms with E-state index in [9.17, 15) is 4.79 Å². The van der Waals surface area contributed by atoms with Gasteiger partial charge in [-0.05, 0) is 19.1 Å². The van der Waals surface area contributed by atoms with Gasteiger partial charge in [0.15, 0.2) is 18.1 Å². The third kappa shape index (κ3) is 4.98. The number of ether oxygens (including phenoxy) is 2. The van der Waals surface area contributed by atoms with Crippen molar-refractivity contribution in [1.82, 2.24) is 19.9 Å². The number of carbonyl (C=O) groups is 1. The number of rotatable bonds is 7. The van der Waals surface area contributed by atoms with Crippen LogP contribution in [0.1, 0.15) is 21.9 Å². The second-order valence-corrected chi connectivity index (χ2v) is 7.60. The van der Waals surface area contributed by atoms with Crippen LogP contribution < -0.4 is 15.8 Å². The molecule has 0 spiro atoms. The average molecular weight is 449 g/mol. The molecule has 2 aromatic heterocycles. The minimum absolute atomic E-state index is 0.00115. The molecule has 0 aliphatic heterocycles. The van der Waals surface area contributed by atoms with Crippen LogP contribution in [0.25, 0.3) is 10.6 Å². The molecule has 4 rings (SSSR count). The maximum absolute atomic E-state index is 12.4. The van der Waals surface area contributed by atoms with Crippen LogP contribution >= 0.6 is 11.3 Å². The van der Waals surface area contributed by atoms with Gasteiger partial charge in [-0.25, -0.2) is 9.78 Å². The quantitative estimate of drug-likeness (QED) is 0.404. The molecule has 0 aliphatic carbocycles.